The zero-order valence-corrected chi connectivity index (χ0v) is 10.2. The third-order valence-electron chi connectivity index (χ3n) is 2.41. The number of hydrogen-bond acceptors (Lipinski definition) is 3. The van der Waals surface area contributed by atoms with Crippen molar-refractivity contribution in [1.82, 2.24) is 9.78 Å². The van der Waals surface area contributed by atoms with Crippen LogP contribution in [0.3, 0.4) is 0 Å². The highest BCUT2D eigenvalue weighted by atomic mass is 16.5. The molecule has 1 aromatic carbocycles. The van der Waals surface area contributed by atoms with Gasteiger partial charge in [0.1, 0.15) is 11.4 Å². The number of nitrogens with zero attached hydrogens (tertiary/aromatic N) is 3. The number of aliphatic imine (C=N–C) groups is 1. The highest BCUT2D eigenvalue weighted by Crippen LogP contribution is 2.27. The third-order valence-corrected chi connectivity index (χ3v) is 2.41. The van der Waals surface area contributed by atoms with Crippen LogP contribution in [-0.2, 0) is 7.05 Å². The Balaban J connectivity index is 2.26. The minimum Gasteiger partial charge on any atom is -0.494 e. The van der Waals surface area contributed by atoms with E-state index in [1.807, 2.05) is 38.4 Å². The summed E-state index contributed by atoms with van der Waals surface area (Å²) >= 11 is 0. The number of aromatic nitrogens is 2. The summed E-state index contributed by atoms with van der Waals surface area (Å²) in [5, 5.41) is 4.08. The van der Waals surface area contributed by atoms with Gasteiger partial charge in [-0.15, -0.1) is 0 Å². The van der Waals surface area contributed by atoms with Gasteiger partial charge >= 0.3 is 0 Å². The Kier molecular flexibility index (Phi) is 3.23. The van der Waals surface area contributed by atoms with E-state index in [0.717, 1.165) is 22.6 Å². The Hall–Kier alpha value is -2.10. The molecule has 4 nitrogen and oxygen atoms in total. The lowest BCUT2D eigenvalue weighted by Crippen LogP contribution is -1.86. The predicted octanol–water partition coefficient (Wildman–Crippen LogP) is 2.49. The summed E-state index contributed by atoms with van der Waals surface area (Å²) in [6.07, 6.45) is 5.45. The second kappa shape index (κ2) is 4.82. The Bertz CT molecular complexity index is 543. The molecular weight excluding hydrogens is 214 g/mol. The van der Waals surface area contributed by atoms with Crippen LogP contribution in [0.25, 0.3) is 0 Å². The number of methoxy groups -OCH3 is 1. The van der Waals surface area contributed by atoms with E-state index < -0.39 is 0 Å². The van der Waals surface area contributed by atoms with E-state index in [9.17, 15) is 0 Å². The molecule has 0 bridgehead atoms. The Labute approximate surface area is 101 Å². The first-order valence-electron chi connectivity index (χ1n) is 5.36. The topological polar surface area (TPSA) is 39.4 Å². The molecule has 0 aliphatic rings. The highest BCUT2D eigenvalue weighted by Gasteiger charge is 2.00. The van der Waals surface area contributed by atoms with Gasteiger partial charge in [0.2, 0.25) is 0 Å². The van der Waals surface area contributed by atoms with E-state index in [1.54, 1.807) is 24.2 Å². The van der Waals surface area contributed by atoms with Gasteiger partial charge in [-0.2, -0.15) is 5.10 Å². The van der Waals surface area contributed by atoms with Crippen molar-refractivity contribution in [2.45, 2.75) is 6.92 Å². The number of benzene rings is 1. The minimum atomic E-state index is 0.783. The van der Waals surface area contributed by atoms with Crippen molar-refractivity contribution in [1.29, 1.82) is 0 Å². The molecule has 0 saturated heterocycles. The third kappa shape index (κ3) is 2.72. The molecule has 0 aliphatic carbocycles. The summed E-state index contributed by atoms with van der Waals surface area (Å²) < 4.78 is 7.03. The average Bonchev–Trinajstić information content (AvgIpc) is 2.73. The van der Waals surface area contributed by atoms with Gasteiger partial charge in [0.15, 0.2) is 0 Å². The fourth-order valence-electron chi connectivity index (χ4n) is 1.54. The fourth-order valence-corrected chi connectivity index (χ4v) is 1.54. The monoisotopic (exact) mass is 229 g/mol. The Morgan fingerprint density at radius 3 is 2.88 bits per heavy atom. The van der Waals surface area contributed by atoms with Crippen molar-refractivity contribution in [2.24, 2.45) is 12.0 Å². The zero-order chi connectivity index (χ0) is 12.3. The summed E-state index contributed by atoms with van der Waals surface area (Å²) in [7, 11) is 3.53. The van der Waals surface area contributed by atoms with Crippen molar-refractivity contribution in [2.75, 3.05) is 7.11 Å². The minimum absolute atomic E-state index is 0.783. The van der Waals surface area contributed by atoms with Crippen molar-refractivity contribution in [3.8, 4) is 5.75 Å². The van der Waals surface area contributed by atoms with Crippen LogP contribution in [-0.4, -0.2) is 23.1 Å². The molecule has 2 rings (SSSR count). The van der Waals surface area contributed by atoms with Crippen LogP contribution in [0.2, 0.25) is 0 Å². The van der Waals surface area contributed by atoms with Crippen molar-refractivity contribution in [3.05, 3.63) is 41.7 Å². The smallest absolute Gasteiger partial charge is 0.144 e. The summed E-state index contributed by atoms with van der Waals surface area (Å²) in [6.45, 7) is 2.02. The van der Waals surface area contributed by atoms with Crippen molar-refractivity contribution in [3.63, 3.8) is 0 Å². The molecule has 88 valence electrons. The van der Waals surface area contributed by atoms with Crippen LogP contribution in [0.1, 0.15) is 11.1 Å². The maximum Gasteiger partial charge on any atom is 0.144 e. The molecule has 0 unspecified atom stereocenters. The first-order valence-corrected chi connectivity index (χ1v) is 5.36. The highest BCUT2D eigenvalue weighted by molar-refractivity contribution is 5.82. The molecule has 0 amide bonds. The lowest BCUT2D eigenvalue weighted by Gasteiger charge is -2.04. The standard InChI is InChI=1S/C13H15N3O/c1-10-4-5-12(13(6-10)17-3)14-7-11-8-15-16(2)9-11/h4-9H,1-3H3. The van der Waals surface area contributed by atoms with E-state index >= 15 is 0 Å². The number of hydrogen-bond donors (Lipinski definition) is 0. The van der Waals surface area contributed by atoms with E-state index in [4.69, 9.17) is 4.74 Å². The molecule has 4 heteroatoms. The quantitative estimate of drug-likeness (QED) is 0.758. The largest absolute Gasteiger partial charge is 0.494 e. The number of aryl methyl sites for hydroxylation is 2. The summed E-state index contributed by atoms with van der Waals surface area (Å²) in [5.41, 5.74) is 2.94. The maximum atomic E-state index is 5.29. The fraction of sp³-hybridized carbons (Fsp3) is 0.231. The van der Waals surface area contributed by atoms with Crippen LogP contribution < -0.4 is 4.74 Å². The summed E-state index contributed by atoms with van der Waals surface area (Å²) in [6, 6.07) is 5.93. The summed E-state index contributed by atoms with van der Waals surface area (Å²) in [4.78, 5) is 4.40. The number of rotatable bonds is 3. The summed E-state index contributed by atoms with van der Waals surface area (Å²) in [5.74, 6) is 0.783. The molecule has 1 aromatic heterocycles. The molecule has 2 aromatic rings. The Morgan fingerprint density at radius 2 is 2.24 bits per heavy atom. The van der Waals surface area contributed by atoms with Crippen LogP contribution >= 0.6 is 0 Å². The molecule has 0 atom stereocenters. The van der Waals surface area contributed by atoms with Gasteiger partial charge in [-0.25, -0.2) is 0 Å². The van der Waals surface area contributed by atoms with E-state index in [0.29, 0.717) is 0 Å². The molecule has 0 radical (unpaired) electrons. The first kappa shape index (κ1) is 11.4. The molecule has 0 saturated carbocycles. The molecule has 0 aliphatic heterocycles. The average molecular weight is 229 g/mol. The Morgan fingerprint density at radius 1 is 1.41 bits per heavy atom. The molecular formula is C13H15N3O. The van der Waals surface area contributed by atoms with Gasteiger partial charge in [-0.3, -0.25) is 9.67 Å². The lowest BCUT2D eigenvalue weighted by molar-refractivity contribution is 0.416. The van der Waals surface area contributed by atoms with Gasteiger partial charge in [-0.05, 0) is 24.6 Å². The second-order valence-electron chi connectivity index (χ2n) is 3.88. The predicted molar refractivity (Wildman–Crippen MR) is 68.2 cm³/mol. The SMILES string of the molecule is COc1cc(C)ccc1N=Cc1cnn(C)c1. The van der Waals surface area contributed by atoms with Gasteiger partial charge < -0.3 is 4.74 Å². The molecule has 0 N–H and O–H groups in total. The van der Waals surface area contributed by atoms with E-state index in [1.165, 1.54) is 0 Å². The molecule has 0 spiro atoms. The first-order chi connectivity index (χ1) is 8.19. The maximum absolute atomic E-state index is 5.29. The van der Waals surface area contributed by atoms with Gasteiger partial charge in [-0.1, -0.05) is 6.07 Å². The van der Waals surface area contributed by atoms with E-state index in [-0.39, 0.29) is 0 Å². The van der Waals surface area contributed by atoms with Gasteiger partial charge in [0.05, 0.1) is 13.3 Å². The molecule has 1 heterocycles. The van der Waals surface area contributed by atoms with Crippen molar-refractivity contribution < 1.29 is 4.74 Å². The van der Waals surface area contributed by atoms with Gasteiger partial charge in [0.25, 0.3) is 0 Å². The second-order valence-corrected chi connectivity index (χ2v) is 3.88. The van der Waals surface area contributed by atoms with Crippen LogP contribution in [0.15, 0.2) is 35.6 Å². The molecule has 0 fully saturated rings. The lowest BCUT2D eigenvalue weighted by atomic mass is 10.2. The van der Waals surface area contributed by atoms with Crippen LogP contribution in [0, 0.1) is 6.92 Å². The van der Waals surface area contributed by atoms with Crippen molar-refractivity contribution >= 4 is 11.9 Å². The van der Waals surface area contributed by atoms with Gasteiger partial charge in [0, 0.05) is 25.0 Å². The van der Waals surface area contributed by atoms with E-state index in [2.05, 4.69) is 10.1 Å². The number of ether oxygens (including phenoxy) is 1. The normalized spacial score (nSPS) is 11.0. The molecule has 17 heavy (non-hydrogen) atoms. The van der Waals surface area contributed by atoms with Crippen LogP contribution in [0.5, 0.6) is 5.75 Å². The zero-order valence-electron chi connectivity index (χ0n) is 10.2. The van der Waals surface area contributed by atoms with Crippen LogP contribution in [0.4, 0.5) is 5.69 Å².